The first kappa shape index (κ1) is 16.6. The lowest BCUT2D eigenvalue weighted by Crippen LogP contribution is -2.40. The number of aryl methyl sites for hydroxylation is 1. The third-order valence-corrected chi connectivity index (χ3v) is 4.54. The zero-order chi connectivity index (χ0) is 17.9. The molecule has 0 aliphatic carbocycles. The van der Waals surface area contributed by atoms with Crippen LogP contribution in [0.25, 0.3) is 5.65 Å². The van der Waals surface area contributed by atoms with Crippen molar-refractivity contribution >= 4 is 11.6 Å². The van der Waals surface area contributed by atoms with Gasteiger partial charge < -0.3 is 9.84 Å². The first-order valence-electron chi connectivity index (χ1n) is 8.65. The Balaban J connectivity index is 1.31. The second-order valence-electron chi connectivity index (χ2n) is 6.58. The van der Waals surface area contributed by atoms with Crippen molar-refractivity contribution in [3.63, 3.8) is 0 Å². The van der Waals surface area contributed by atoms with Gasteiger partial charge in [0.25, 0.3) is 5.91 Å². The first-order chi connectivity index (χ1) is 12.7. The van der Waals surface area contributed by atoms with Crippen LogP contribution in [-0.4, -0.2) is 60.6 Å². The summed E-state index contributed by atoms with van der Waals surface area (Å²) in [6, 6.07) is 3.46. The number of piperidine rings is 1. The summed E-state index contributed by atoms with van der Waals surface area (Å²) in [6.45, 7) is 5.01. The minimum Gasteiger partial charge on any atom is -0.352 e. The standard InChI is InChI=1S/C16H20N8O2/c1-11-18-14(20-26-11)10-23-6-2-3-12(8-23)7-17-16(25)13-4-5-15-19-21-22-24(15)9-13/h4-5,9,12H,2-3,6-8,10H2,1H3,(H,17,25). The maximum atomic E-state index is 12.4. The maximum Gasteiger partial charge on any atom is 0.252 e. The topological polar surface area (TPSA) is 114 Å². The summed E-state index contributed by atoms with van der Waals surface area (Å²) in [6.07, 6.45) is 3.82. The van der Waals surface area contributed by atoms with E-state index in [9.17, 15) is 4.79 Å². The van der Waals surface area contributed by atoms with Crippen molar-refractivity contribution < 1.29 is 9.32 Å². The fraction of sp³-hybridized carbons (Fsp3) is 0.500. The molecular formula is C16H20N8O2. The maximum absolute atomic E-state index is 12.4. The minimum absolute atomic E-state index is 0.117. The molecule has 26 heavy (non-hydrogen) atoms. The lowest BCUT2D eigenvalue weighted by atomic mass is 9.98. The summed E-state index contributed by atoms with van der Waals surface area (Å²) in [5.41, 5.74) is 1.15. The highest BCUT2D eigenvalue weighted by atomic mass is 16.5. The molecular weight excluding hydrogens is 336 g/mol. The molecule has 4 heterocycles. The van der Waals surface area contributed by atoms with Gasteiger partial charge in [0.1, 0.15) is 0 Å². The van der Waals surface area contributed by atoms with Crippen molar-refractivity contribution in [1.82, 2.24) is 40.4 Å². The Kier molecular flexibility index (Phi) is 4.57. The van der Waals surface area contributed by atoms with E-state index in [1.54, 1.807) is 25.3 Å². The van der Waals surface area contributed by atoms with Crippen LogP contribution in [0.2, 0.25) is 0 Å². The Morgan fingerprint density at radius 2 is 2.35 bits per heavy atom. The summed E-state index contributed by atoms with van der Waals surface area (Å²) < 4.78 is 6.51. The van der Waals surface area contributed by atoms with Gasteiger partial charge in [-0.15, -0.1) is 5.10 Å². The Bertz CT molecular complexity index is 904. The largest absolute Gasteiger partial charge is 0.352 e. The van der Waals surface area contributed by atoms with Crippen molar-refractivity contribution in [2.24, 2.45) is 5.92 Å². The van der Waals surface area contributed by atoms with E-state index < -0.39 is 0 Å². The van der Waals surface area contributed by atoms with Crippen molar-refractivity contribution in [2.45, 2.75) is 26.3 Å². The Hall–Kier alpha value is -2.88. The minimum atomic E-state index is -0.117. The summed E-state index contributed by atoms with van der Waals surface area (Å²) in [7, 11) is 0. The normalized spacial score (nSPS) is 18.3. The van der Waals surface area contributed by atoms with Gasteiger partial charge in [0.05, 0.1) is 12.1 Å². The van der Waals surface area contributed by atoms with E-state index in [4.69, 9.17) is 4.52 Å². The quantitative estimate of drug-likeness (QED) is 0.701. The molecule has 1 aliphatic heterocycles. The molecule has 1 saturated heterocycles. The fourth-order valence-corrected chi connectivity index (χ4v) is 3.28. The average molecular weight is 356 g/mol. The molecule has 10 heteroatoms. The van der Waals surface area contributed by atoms with Crippen molar-refractivity contribution in [2.75, 3.05) is 19.6 Å². The SMILES string of the molecule is Cc1nc(CN2CCCC(CNC(=O)c3ccc4nnnn4c3)C2)no1. The van der Waals surface area contributed by atoms with E-state index in [2.05, 4.69) is 35.9 Å². The van der Waals surface area contributed by atoms with Gasteiger partial charge in [0.2, 0.25) is 5.89 Å². The monoisotopic (exact) mass is 356 g/mol. The van der Waals surface area contributed by atoms with Crippen molar-refractivity contribution in [3.8, 4) is 0 Å². The zero-order valence-electron chi connectivity index (χ0n) is 14.5. The van der Waals surface area contributed by atoms with Gasteiger partial charge in [0, 0.05) is 26.2 Å². The molecule has 1 amide bonds. The van der Waals surface area contributed by atoms with Crippen LogP contribution in [0.15, 0.2) is 22.9 Å². The van der Waals surface area contributed by atoms with E-state index in [1.807, 2.05) is 0 Å². The second kappa shape index (κ2) is 7.16. The molecule has 3 aromatic rings. The number of carbonyl (C=O) groups excluding carboxylic acids is 1. The number of aromatic nitrogens is 6. The highest BCUT2D eigenvalue weighted by Gasteiger charge is 2.22. The lowest BCUT2D eigenvalue weighted by molar-refractivity contribution is 0.0929. The summed E-state index contributed by atoms with van der Waals surface area (Å²) in [4.78, 5) is 18.9. The van der Waals surface area contributed by atoms with Crippen LogP contribution in [0.4, 0.5) is 0 Å². The average Bonchev–Trinajstić information content (AvgIpc) is 3.28. The second-order valence-corrected chi connectivity index (χ2v) is 6.58. The van der Waals surface area contributed by atoms with E-state index in [-0.39, 0.29) is 5.91 Å². The molecule has 1 fully saturated rings. The van der Waals surface area contributed by atoms with Gasteiger partial charge >= 0.3 is 0 Å². The van der Waals surface area contributed by atoms with Crippen LogP contribution in [0.3, 0.4) is 0 Å². The number of hydrogen-bond acceptors (Lipinski definition) is 8. The molecule has 1 aliphatic rings. The molecule has 10 nitrogen and oxygen atoms in total. The van der Waals surface area contributed by atoms with Gasteiger partial charge in [0.15, 0.2) is 11.5 Å². The molecule has 0 radical (unpaired) electrons. The number of nitrogens with zero attached hydrogens (tertiary/aromatic N) is 7. The molecule has 4 rings (SSSR count). The van der Waals surface area contributed by atoms with Crippen LogP contribution >= 0.6 is 0 Å². The first-order valence-corrected chi connectivity index (χ1v) is 8.65. The van der Waals surface area contributed by atoms with E-state index in [0.29, 0.717) is 41.9 Å². The van der Waals surface area contributed by atoms with E-state index in [0.717, 1.165) is 25.9 Å². The predicted molar refractivity (Wildman–Crippen MR) is 90.2 cm³/mol. The number of fused-ring (bicyclic) bond motifs is 1. The summed E-state index contributed by atoms with van der Waals surface area (Å²) in [5, 5.41) is 18.2. The molecule has 136 valence electrons. The molecule has 0 aromatic carbocycles. The highest BCUT2D eigenvalue weighted by molar-refractivity contribution is 5.94. The molecule has 1 atom stereocenters. The number of likely N-dealkylation sites (tertiary alicyclic amines) is 1. The number of carbonyl (C=O) groups is 1. The number of amides is 1. The van der Waals surface area contributed by atoms with Crippen molar-refractivity contribution in [1.29, 1.82) is 0 Å². The molecule has 3 aromatic heterocycles. The van der Waals surface area contributed by atoms with Gasteiger partial charge in [-0.25, -0.2) is 0 Å². The lowest BCUT2D eigenvalue weighted by Gasteiger charge is -2.31. The fourth-order valence-electron chi connectivity index (χ4n) is 3.28. The van der Waals surface area contributed by atoms with Crippen LogP contribution in [0.5, 0.6) is 0 Å². The van der Waals surface area contributed by atoms with Crippen LogP contribution in [0, 0.1) is 12.8 Å². The Morgan fingerprint density at radius 1 is 1.42 bits per heavy atom. The molecule has 0 saturated carbocycles. The summed E-state index contributed by atoms with van der Waals surface area (Å²) in [5.74, 6) is 1.58. The summed E-state index contributed by atoms with van der Waals surface area (Å²) >= 11 is 0. The van der Waals surface area contributed by atoms with Gasteiger partial charge in [-0.3, -0.25) is 9.69 Å². The smallest absolute Gasteiger partial charge is 0.252 e. The Morgan fingerprint density at radius 3 is 3.19 bits per heavy atom. The molecule has 0 bridgehead atoms. The molecule has 1 N–H and O–H groups in total. The highest BCUT2D eigenvalue weighted by Crippen LogP contribution is 2.17. The van der Waals surface area contributed by atoms with Crippen LogP contribution in [-0.2, 0) is 6.54 Å². The van der Waals surface area contributed by atoms with Crippen LogP contribution in [0.1, 0.15) is 34.9 Å². The number of rotatable bonds is 5. The van der Waals surface area contributed by atoms with Gasteiger partial charge in [-0.1, -0.05) is 5.16 Å². The van der Waals surface area contributed by atoms with E-state index >= 15 is 0 Å². The Labute approximate surface area is 149 Å². The number of pyridine rings is 1. The van der Waals surface area contributed by atoms with Gasteiger partial charge in [-0.2, -0.15) is 9.50 Å². The molecule has 0 spiro atoms. The number of tetrazole rings is 1. The third-order valence-electron chi connectivity index (χ3n) is 4.54. The van der Waals surface area contributed by atoms with E-state index in [1.165, 1.54) is 4.52 Å². The predicted octanol–water partition coefficient (Wildman–Crippen LogP) is 0.458. The van der Waals surface area contributed by atoms with Crippen LogP contribution < -0.4 is 5.32 Å². The van der Waals surface area contributed by atoms with Crippen molar-refractivity contribution in [3.05, 3.63) is 35.6 Å². The number of nitrogens with one attached hydrogen (secondary N) is 1. The van der Waals surface area contributed by atoms with Gasteiger partial charge in [-0.05, 0) is 47.9 Å². The number of hydrogen-bond donors (Lipinski definition) is 1. The third kappa shape index (κ3) is 3.69. The molecule has 1 unspecified atom stereocenters. The zero-order valence-corrected chi connectivity index (χ0v) is 14.5.